The molecule has 17 heavy (non-hydrogen) atoms. The van der Waals surface area contributed by atoms with Crippen LogP contribution in [-0.2, 0) is 11.3 Å². The molecule has 5 nitrogen and oxygen atoms in total. The van der Waals surface area contributed by atoms with Gasteiger partial charge in [0, 0.05) is 16.6 Å². The molecule has 0 bridgehead atoms. The molecule has 2 aromatic rings. The first-order valence-electron chi connectivity index (χ1n) is 5.48. The molecule has 1 aromatic carbocycles. The molecule has 1 aromatic heterocycles. The summed E-state index contributed by atoms with van der Waals surface area (Å²) < 4.78 is 1.75. The fourth-order valence-electron chi connectivity index (χ4n) is 1.59. The third kappa shape index (κ3) is 2.76. The Kier molecular flexibility index (Phi) is 3.30. The number of carbonyl (C=O) groups is 1. The molecule has 0 aliphatic rings. The molecule has 0 fully saturated rings. The first kappa shape index (κ1) is 11.5. The summed E-state index contributed by atoms with van der Waals surface area (Å²) in [4.78, 5) is 10.6. The molecular formula is C12H15N3O2+2. The molecule has 0 saturated heterocycles. The summed E-state index contributed by atoms with van der Waals surface area (Å²) in [6.45, 7) is 0.561. The highest BCUT2D eigenvalue weighted by Gasteiger charge is 2.18. The van der Waals surface area contributed by atoms with Gasteiger partial charge in [-0.15, -0.1) is 0 Å². The van der Waals surface area contributed by atoms with Crippen LogP contribution in [0.5, 0.6) is 0 Å². The Hall–Kier alpha value is -2.01. The van der Waals surface area contributed by atoms with Crippen LogP contribution in [0.4, 0.5) is 0 Å². The second-order valence-electron chi connectivity index (χ2n) is 3.96. The normalized spacial score (nSPS) is 12.5. The second kappa shape index (κ2) is 4.88. The van der Waals surface area contributed by atoms with Gasteiger partial charge in [0.25, 0.3) is 0 Å². The zero-order chi connectivity index (χ0) is 12.3. The van der Waals surface area contributed by atoms with Crippen LogP contribution in [0.15, 0.2) is 36.5 Å². The number of nitrogens with zero attached hydrogens (tertiary/aromatic N) is 2. The number of rotatable bonds is 4. The van der Waals surface area contributed by atoms with Gasteiger partial charge >= 0.3 is 5.97 Å². The van der Waals surface area contributed by atoms with Crippen molar-refractivity contribution in [2.45, 2.75) is 19.0 Å². The van der Waals surface area contributed by atoms with Crippen molar-refractivity contribution in [1.82, 2.24) is 5.10 Å². The van der Waals surface area contributed by atoms with Gasteiger partial charge in [0.05, 0.1) is 6.42 Å². The Morgan fingerprint density at radius 3 is 2.94 bits per heavy atom. The zero-order valence-electron chi connectivity index (χ0n) is 9.41. The Morgan fingerprint density at radius 2 is 2.18 bits per heavy atom. The van der Waals surface area contributed by atoms with E-state index in [9.17, 15) is 4.79 Å². The maximum absolute atomic E-state index is 10.6. The highest BCUT2D eigenvalue weighted by atomic mass is 16.4. The smallest absolute Gasteiger partial charge is 0.362 e. The minimum atomic E-state index is -0.869. The lowest BCUT2D eigenvalue weighted by molar-refractivity contribution is -0.754. The summed E-state index contributed by atoms with van der Waals surface area (Å²) in [5, 5.41) is 14.2. The van der Waals surface area contributed by atoms with Crippen LogP contribution in [0, 0.1) is 0 Å². The predicted octanol–water partition coefficient (Wildman–Crippen LogP) is -0.393. The third-order valence-corrected chi connectivity index (χ3v) is 2.66. The molecule has 0 amide bonds. The van der Waals surface area contributed by atoms with Gasteiger partial charge in [-0.2, -0.15) is 0 Å². The number of quaternary nitrogens is 1. The van der Waals surface area contributed by atoms with Crippen LogP contribution in [-0.4, -0.2) is 22.2 Å². The monoisotopic (exact) mass is 233 g/mol. The van der Waals surface area contributed by atoms with Gasteiger partial charge in [-0.05, 0) is 6.07 Å². The van der Waals surface area contributed by atoms with E-state index in [1.165, 1.54) is 0 Å². The molecular weight excluding hydrogens is 218 g/mol. The maximum atomic E-state index is 10.6. The van der Waals surface area contributed by atoms with Crippen molar-refractivity contribution in [3.8, 4) is 0 Å². The van der Waals surface area contributed by atoms with E-state index in [0.717, 1.165) is 10.9 Å². The number of carboxylic acid groups (broad SMARTS) is 1. The molecule has 5 heteroatoms. The van der Waals surface area contributed by atoms with Gasteiger partial charge < -0.3 is 10.8 Å². The minimum Gasteiger partial charge on any atom is -0.477 e. The summed E-state index contributed by atoms with van der Waals surface area (Å²) in [6.07, 6.45) is 2.34. The number of aliphatic carboxylic acids is 1. The Balaban J connectivity index is 2.12. The number of aryl methyl sites for hydroxylation is 1. The van der Waals surface area contributed by atoms with Crippen LogP contribution in [0.1, 0.15) is 6.42 Å². The van der Waals surface area contributed by atoms with E-state index in [1.54, 1.807) is 4.68 Å². The van der Waals surface area contributed by atoms with Gasteiger partial charge in [-0.25, -0.2) is 4.79 Å². The van der Waals surface area contributed by atoms with Gasteiger partial charge in [0.15, 0.2) is 18.8 Å². The fourth-order valence-corrected chi connectivity index (χ4v) is 1.59. The van der Waals surface area contributed by atoms with Gasteiger partial charge in [-0.1, -0.05) is 22.9 Å². The van der Waals surface area contributed by atoms with Crippen LogP contribution in [0.3, 0.4) is 0 Å². The summed E-state index contributed by atoms with van der Waals surface area (Å²) in [7, 11) is 0. The van der Waals surface area contributed by atoms with E-state index in [0.29, 0.717) is 13.0 Å². The molecule has 0 aliphatic heterocycles. The Labute approximate surface area is 98.5 Å². The first-order valence-corrected chi connectivity index (χ1v) is 5.48. The zero-order valence-corrected chi connectivity index (χ0v) is 9.41. The quantitative estimate of drug-likeness (QED) is 0.705. The van der Waals surface area contributed by atoms with Crippen molar-refractivity contribution < 1.29 is 20.3 Å². The third-order valence-electron chi connectivity index (χ3n) is 2.66. The van der Waals surface area contributed by atoms with Crippen LogP contribution in [0.25, 0.3) is 10.9 Å². The maximum Gasteiger partial charge on any atom is 0.362 e. The molecule has 4 N–H and O–H groups in total. The fraction of sp³-hybridized carbons (Fsp3) is 0.250. The van der Waals surface area contributed by atoms with Gasteiger partial charge in [-0.3, -0.25) is 0 Å². The van der Waals surface area contributed by atoms with Crippen LogP contribution >= 0.6 is 0 Å². The lowest BCUT2D eigenvalue weighted by Gasteiger charge is -1.99. The lowest BCUT2D eigenvalue weighted by atomic mass is 10.2. The molecule has 0 aliphatic carbocycles. The molecule has 0 saturated carbocycles. The number of fused-ring (bicyclic) bond motifs is 1. The topological polar surface area (TPSA) is 81.7 Å². The number of benzene rings is 1. The average molecular weight is 233 g/mol. The van der Waals surface area contributed by atoms with E-state index in [1.807, 2.05) is 36.5 Å². The van der Waals surface area contributed by atoms with E-state index < -0.39 is 12.0 Å². The standard InChI is InChI=1S/C12H13N3O2/c13-10(12(16)17)6-8-15-7-5-9-3-1-2-4-11(9)14-15/h1-5,7,10H,6,8,13H2/p+2/t10-/m1/s1. The molecule has 0 spiro atoms. The van der Waals surface area contributed by atoms with Crippen LogP contribution < -0.4 is 10.4 Å². The molecule has 1 heterocycles. The number of carboxylic acids is 1. The predicted molar refractivity (Wildman–Crippen MR) is 60.9 cm³/mol. The second-order valence-corrected chi connectivity index (χ2v) is 3.96. The Bertz CT molecular complexity index is 542. The lowest BCUT2D eigenvalue weighted by Crippen LogP contribution is -2.66. The first-order chi connectivity index (χ1) is 8.16. The van der Waals surface area contributed by atoms with Crippen molar-refractivity contribution in [3.63, 3.8) is 0 Å². The number of hydrogen-bond donors (Lipinski definition) is 2. The van der Waals surface area contributed by atoms with Crippen LogP contribution in [0.2, 0.25) is 0 Å². The van der Waals surface area contributed by atoms with E-state index in [2.05, 4.69) is 10.8 Å². The number of aromatic nitrogens is 2. The highest BCUT2D eigenvalue weighted by Crippen LogP contribution is 2.06. The summed E-state index contributed by atoms with van der Waals surface area (Å²) in [5.41, 5.74) is 4.48. The minimum absolute atomic E-state index is 0.478. The number of hydrogen-bond acceptors (Lipinski definition) is 2. The van der Waals surface area contributed by atoms with Crippen molar-refractivity contribution in [2.75, 3.05) is 0 Å². The van der Waals surface area contributed by atoms with Crippen molar-refractivity contribution in [3.05, 3.63) is 36.5 Å². The highest BCUT2D eigenvalue weighted by molar-refractivity contribution is 5.76. The molecule has 0 unspecified atom stereocenters. The molecule has 0 radical (unpaired) electrons. The average Bonchev–Trinajstić information content (AvgIpc) is 2.35. The molecule has 2 rings (SSSR count). The SMILES string of the molecule is [NH3+][C@H](CC[n+]1ccc2ccccc2n1)C(=O)O. The largest absolute Gasteiger partial charge is 0.477 e. The molecule has 1 atom stereocenters. The molecule has 88 valence electrons. The van der Waals surface area contributed by atoms with Gasteiger partial charge in [0.1, 0.15) is 5.52 Å². The summed E-state index contributed by atoms with van der Waals surface area (Å²) >= 11 is 0. The van der Waals surface area contributed by atoms with Crippen molar-refractivity contribution >= 4 is 16.9 Å². The van der Waals surface area contributed by atoms with Gasteiger partial charge in [0.2, 0.25) is 0 Å². The van der Waals surface area contributed by atoms with E-state index in [-0.39, 0.29) is 0 Å². The summed E-state index contributed by atoms with van der Waals surface area (Å²) in [5.74, 6) is -0.869. The Morgan fingerprint density at radius 1 is 1.41 bits per heavy atom. The van der Waals surface area contributed by atoms with Crippen molar-refractivity contribution in [2.24, 2.45) is 0 Å². The van der Waals surface area contributed by atoms with E-state index >= 15 is 0 Å². The van der Waals surface area contributed by atoms with E-state index in [4.69, 9.17) is 5.11 Å². The summed E-state index contributed by atoms with van der Waals surface area (Å²) in [6, 6.07) is 9.21. The van der Waals surface area contributed by atoms with Crippen molar-refractivity contribution in [1.29, 1.82) is 0 Å².